The van der Waals surface area contributed by atoms with Crippen LogP contribution >= 0.6 is 11.3 Å². The summed E-state index contributed by atoms with van der Waals surface area (Å²) >= 11 is 1.17. The zero-order valence-electron chi connectivity index (χ0n) is 16.2. The molecular formula is C20H23N3O5S2. The number of carbonyl (C=O) groups is 2. The Bertz CT molecular complexity index is 1020. The Hall–Kier alpha value is -2.27. The van der Waals surface area contributed by atoms with E-state index in [0.717, 1.165) is 5.56 Å². The van der Waals surface area contributed by atoms with Gasteiger partial charge in [0.25, 0.3) is 10.0 Å². The molecule has 2 saturated heterocycles. The normalized spacial score (nSPS) is 21.9. The smallest absolute Gasteiger partial charge is 0.323 e. The maximum absolute atomic E-state index is 13.1. The summed E-state index contributed by atoms with van der Waals surface area (Å²) in [6.07, 6.45) is 1.12. The average Bonchev–Trinajstić information content (AvgIpc) is 3.34. The van der Waals surface area contributed by atoms with Crippen molar-refractivity contribution in [2.24, 2.45) is 0 Å². The van der Waals surface area contributed by atoms with E-state index in [1.54, 1.807) is 17.5 Å². The summed E-state index contributed by atoms with van der Waals surface area (Å²) in [5.74, 6) is -1.34. The van der Waals surface area contributed by atoms with Crippen LogP contribution in [0.1, 0.15) is 18.4 Å². The molecule has 2 aromatic rings. The molecule has 1 aromatic carbocycles. The van der Waals surface area contributed by atoms with Gasteiger partial charge in [0.2, 0.25) is 5.91 Å². The van der Waals surface area contributed by atoms with Crippen molar-refractivity contribution in [2.45, 2.75) is 35.2 Å². The number of hydrogen-bond donors (Lipinski definition) is 2. The van der Waals surface area contributed by atoms with E-state index in [1.807, 2.05) is 30.3 Å². The van der Waals surface area contributed by atoms with Crippen LogP contribution in [0.3, 0.4) is 0 Å². The van der Waals surface area contributed by atoms with Gasteiger partial charge in [-0.2, -0.15) is 4.31 Å². The Labute approximate surface area is 179 Å². The molecule has 10 heteroatoms. The number of sulfonamides is 1. The number of nitrogens with zero attached hydrogens (tertiary/aromatic N) is 2. The molecule has 1 unspecified atom stereocenters. The highest BCUT2D eigenvalue weighted by Crippen LogP contribution is 2.35. The predicted octanol–water partition coefficient (Wildman–Crippen LogP) is 1.36. The average molecular weight is 450 g/mol. The standard InChI is InChI=1S/C20H23N3O5S2/c24-17(25)14-23-19(26)16(13-15-5-2-1-3-6-15)21-20(23)8-10-22(11-9-20)30(27,28)18-7-4-12-29-18/h1-7,12,16,21H,8-11,13-14H2,(H,24,25). The van der Waals surface area contributed by atoms with Crippen molar-refractivity contribution in [3.8, 4) is 0 Å². The molecule has 1 atom stereocenters. The van der Waals surface area contributed by atoms with Crippen molar-refractivity contribution >= 4 is 33.2 Å². The number of amides is 1. The largest absolute Gasteiger partial charge is 0.480 e. The highest BCUT2D eigenvalue weighted by atomic mass is 32.2. The summed E-state index contributed by atoms with van der Waals surface area (Å²) in [5.41, 5.74) is 0.129. The van der Waals surface area contributed by atoms with Crippen molar-refractivity contribution in [1.29, 1.82) is 0 Å². The van der Waals surface area contributed by atoms with Crippen LogP contribution in [0.25, 0.3) is 0 Å². The van der Waals surface area contributed by atoms with E-state index >= 15 is 0 Å². The lowest BCUT2D eigenvalue weighted by Crippen LogP contribution is -2.60. The van der Waals surface area contributed by atoms with Gasteiger partial charge in [-0.1, -0.05) is 36.4 Å². The van der Waals surface area contributed by atoms with Crippen molar-refractivity contribution in [1.82, 2.24) is 14.5 Å². The minimum Gasteiger partial charge on any atom is -0.480 e. The summed E-state index contributed by atoms with van der Waals surface area (Å²) in [4.78, 5) is 25.9. The minimum absolute atomic E-state index is 0.217. The Morgan fingerprint density at radius 2 is 1.87 bits per heavy atom. The first-order chi connectivity index (χ1) is 14.3. The van der Waals surface area contributed by atoms with Crippen LogP contribution in [0.2, 0.25) is 0 Å². The van der Waals surface area contributed by atoms with Gasteiger partial charge in [0.15, 0.2) is 0 Å². The van der Waals surface area contributed by atoms with Crippen LogP contribution in [0.4, 0.5) is 0 Å². The second-order valence-electron chi connectivity index (χ2n) is 7.57. The van der Waals surface area contributed by atoms with E-state index in [-0.39, 0.29) is 19.0 Å². The Morgan fingerprint density at radius 1 is 1.17 bits per heavy atom. The Balaban J connectivity index is 1.54. The van der Waals surface area contributed by atoms with Crippen LogP contribution in [0, 0.1) is 0 Å². The fourth-order valence-electron chi connectivity index (χ4n) is 4.26. The van der Waals surface area contributed by atoms with Gasteiger partial charge in [-0.15, -0.1) is 11.3 Å². The first-order valence-corrected chi connectivity index (χ1v) is 12.0. The molecule has 0 bridgehead atoms. The molecule has 0 radical (unpaired) electrons. The van der Waals surface area contributed by atoms with Crippen molar-refractivity contribution in [3.05, 3.63) is 53.4 Å². The molecule has 8 nitrogen and oxygen atoms in total. The third-order valence-electron chi connectivity index (χ3n) is 5.74. The predicted molar refractivity (Wildman–Crippen MR) is 111 cm³/mol. The maximum atomic E-state index is 13.1. The SMILES string of the molecule is O=C(O)CN1C(=O)C(Cc2ccccc2)NC12CCN(S(=O)(=O)c1cccs1)CC2. The van der Waals surface area contributed by atoms with Gasteiger partial charge in [-0.05, 0) is 36.3 Å². The fourth-order valence-corrected chi connectivity index (χ4v) is 6.85. The van der Waals surface area contributed by atoms with E-state index in [9.17, 15) is 23.1 Å². The fraction of sp³-hybridized carbons (Fsp3) is 0.400. The summed E-state index contributed by atoms with van der Waals surface area (Å²) in [6.45, 7) is 0.0260. The van der Waals surface area contributed by atoms with Crippen LogP contribution in [-0.2, 0) is 26.0 Å². The number of hydrogen-bond acceptors (Lipinski definition) is 6. The zero-order chi connectivity index (χ0) is 21.4. The van der Waals surface area contributed by atoms with E-state index in [0.29, 0.717) is 23.5 Å². The second kappa shape index (κ2) is 8.10. The monoisotopic (exact) mass is 449 g/mol. The van der Waals surface area contributed by atoms with Gasteiger partial charge in [0.05, 0.1) is 11.7 Å². The minimum atomic E-state index is -3.58. The number of thiophene rings is 1. The molecule has 160 valence electrons. The third-order valence-corrected chi connectivity index (χ3v) is 9.01. The van der Waals surface area contributed by atoms with Crippen molar-refractivity contribution in [3.63, 3.8) is 0 Å². The van der Waals surface area contributed by atoms with Gasteiger partial charge in [0, 0.05) is 13.1 Å². The topological polar surface area (TPSA) is 107 Å². The molecule has 3 heterocycles. The summed E-state index contributed by atoms with van der Waals surface area (Å²) < 4.78 is 27.4. The highest BCUT2D eigenvalue weighted by molar-refractivity contribution is 7.91. The van der Waals surface area contributed by atoms with Gasteiger partial charge < -0.3 is 10.0 Å². The first-order valence-electron chi connectivity index (χ1n) is 9.70. The molecule has 2 N–H and O–H groups in total. The van der Waals surface area contributed by atoms with E-state index in [2.05, 4.69) is 5.32 Å². The van der Waals surface area contributed by atoms with E-state index < -0.39 is 34.2 Å². The summed E-state index contributed by atoms with van der Waals surface area (Å²) in [7, 11) is -3.58. The molecule has 4 rings (SSSR count). The molecule has 0 saturated carbocycles. The molecule has 2 fully saturated rings. The van der Waals surface area contributed by atoms with Crippen LogP contribution in [-0.4, -0.2) is 65.9 Å². The van der Waals surface area contributed by atoms with Crippen molar-refractivity contribution in [2.75, 3.05) is 19.6 Å². The summed E-state index contributed by atoms with van der Waals surface area (Å²) in [5, 5.41) is 14.4. The number of nitrogens with one attached hydrogen (secondary N) is 1. The number of rotatable bonds is 6. The molecule has 30 heavy (non-hydrogen) atoms. The van der Waals surface area contributed by atoms with Crippen LogP contribution in [0.5, 0.6) is 0 Å². The number of piperidine rings is 1. The second-order valence-corrected chi connectivity index (χ2v) is 10.7. The number of carbonyl (C=O) groups excluding carboxylic acids is 1. The zero-order valence-corrected chi connectivity index (χ0v) is 17.9. The molecule has 1 aromatic heterocycles. The van der Waals surface area contributed by atoms with E-state index in [4.69, 9.17) is 0 Å². The molecule has 2 aliphatic heterocycles. The molecule has 0 aliphatic carbocycles. The first kappa shape index (κ1) is 21.0. The summed E-state index contributed by atoms with van der Waals surface area (Å²) in [6, 6.07) is 12.3. The number of carboxylic acids is 1. The number of carboxylic acid groups (broad SMARTS) is 1. The van der Waals surface area contributed by atoms with Gasteiger partial charge in [0.1, 0.15) is 10.8 Å². The van der Waals surface area contributed by atoms with E-state index in [1.165, 1.54) is 20.5 Å². The Morgan fingerprint density at radius 3 is 2.47 bits per heavy atom. The lowest BCUT2D eigenvalue weighted by molar-refractivity contribution is -0.147. The van der Waals surface area contributed by atoms with Gasteiger partial charge in [-0.25, -0.2) is 8.42 Å². The number of aliphatic carboxylic acids is 1. The number of benzene rings is 1. The third kappa shape index (κ3) is 3.87. The van der Waals surface area contributed by atoms with Crippen molar-refractivity contribution < 1.29 is 23.1 Å². The lowest BCUT2D eigenvalue weighted by atomic mass is 9.97. The maximum Gasteiger partial charge on any atom is 0.323 e. The molecule has 1 spiro atoms. The van der Waals surface area contributed by atoms with Gasteiger partial charge >= 0.3 is 5.97 Å². The van der Waals surface area contributed by atoms with Crippen LogP contribution < -0.4 is 5.32 Å². The Kier molecular flexibility index (Phi) is 5.67. The van der Waals surface area contributed by atoms with Gasteiger partial charge in [-0.3, -0.25) is 14.9 Å². The molecular weight excluding hydrogens is 426 g/mol. The molecule has 1 amide bonds. The van der Waals surface area contributed by atoms with Crippen LogP contribution in [0.15, 0.2) is 52.1 Å². The quantitative estimate of drug-likeness (QED) is 0.690. The highest BCUT2D eigenvalue weighted by Gasteiger charge is 2.52. The molecule has 2 aliphatic rings. The lowest BCUT2D eigenvalue weighted by Gasteiger charge is -2.43.